The standard InChI is InChI=1S/C17H33N3/c1-3-20(4-2)17(9-5-6-10-17)16(19-18)15-12-13-7-8-14(15)11-13/h13-16,19H,3-12,18H2,1-2H3. The molecular weight excluding hydrogens is 246 g/mol. The Balaban J connectivity index is 1.84. The molecule has 3 aliphatic rings. The first-order valence-corrected chi connectivity index (χ1v) is 8.96. The number of fused-ring (bicyclic) bond motifs is 2. The zero-order valence-corrected chi connectivity index (χ0v) is 13.4. The van der Waals surface area contributed by atoms with Gasteiger partial charge in [-0.25, -0.2) is 0 Å². The van der Waals surface area contributed by atoms with Crippen molar-refractivity contribution in [3.05, 3.63) is 0 Å². The Kier molecular flexibility index (Phi) is 4.40. The molecule has 3 nitrogen and oxygen atoms in total. The summed E-state index contributed by atoms with van der Waals surface area (Å²) in [5.74, 6) is 8.91. The second kappa shape index (κ2) is 5.94. The molecule has 20 heavy (non-hydrogen) atoms. The third-order valence-electron chi connectivity index (χ3n) is 6.84. The van der Waals surface area contributed by atoms with Crippen molar-refractivity contribution in [2.24, 2.45) is 23.6 Å². The maximum Gasteiger partial charge on any atom is 0.0425 e. The molecule has 3 N–H and O–H groups in total. The van der Waals surface area contributed by atoms with Gasteiger partial charge in [0.2, 0.25) is 0 Å². The number of rotatable bonds is 6. The second-order valence-corrected chi connectivity index (χ2v) is 7.47. The van der Waals surface area contributed by atoms with Gasteiger partial charge in [0, 0.05) is 11.6 Å². The second-order valence-electron chi connectivity index (χ2n) is 7.47. The summed E-state index contributed by atoms with van der Waals surface area (Å²) in [5.41, 5.74) is 3.66. The van der Waals surface area contributed by atoms with Crippen LogP contribution >= 0.6 is 0 Å². The Labute approximate surface area is 124 Å². The van der Waals surface area contributed by atoms with E-state index < -0.39 is 0 Å². The summed E-state index contributed by atoms with van der Waals surface area (Å²) in [7, 11) is 0. The average Bonchev–Trinajstić information content (AvgIpc) is 3.17. The summed E-state index contributed by atoms with van der Waals surface area (Å²) in [5, 5.41) is 0. The van der Waals surface area contributed by atoms with Gasteiger partial charge in [-0.2, -0.15) is 0 Å². The van der Waals surface area contributed by atoms with Gasteiger partial charge in [-0.1, -0.05) is 33.1 Å². The van der Waals surface area contributed by atoms with E-state index in [1.807, 2.05) is 0 Å². The minimum atomic E-state index is 0.341. The molecule has 0 aromatic rings. The lowest BCUT2D eigenvalue weighted by molar-refractivity contribution is 0.0258. The molecule has 2 bridgehead atoms. The molecule has 0 aliphatic heterocycles. The van der Waals surface area contributed by atoms with Crippen LogP contribution in [0.2, 0.25) is 0 Å². The average molecular weight is 279 g/mol. The molecule has 3 aliphatic carbocycles. The molecule has 3 saturated carbocycles. The van der Waals surface area contributed by atoms with E-state index in [0.717, 1.165) is 30.8 Å². The maximum absolute atomic E-state index is 6.12. The van der Waals surface area contributed by atoms with E-state index in [2.05, 4.69) is 24.2 Å². The van der Waals surface area contributed by atoms with Gasteiger partial charge in [0.05, 0.1) is 0 Å². The fourth-order valence-electron chi connectivity index (χ4n) is 6.04. The van der Waals surface area contributed by atoms with Crippen molar-refractivity contribution >= 4 is 0 Å². The van der Waals surface area contributed by atoms with Crippen molar-refractivity contribution in [3.63, 3.8) is 0 Å². The van der Waals surface area contributed by atoms with Crippen molar-refractivity contribution in [3.8, 4) is 0 Å². The summed E-state index contributed by atoms with van der Waals surface area (Å²) in [6.45, 7) is 6.96. The van der Waals surface area contributed by atoms with Crippen LogP contribution in [0, 0.1) is 17.8 Å². The molecule has 0 amide bonds. The van der Waals surface area contributed by atoms with Gasteiger partial charge in [0.25, 0.3) is 0 Å². The summed E-state index contributed by atoms with van der Waals surface area (Å²) < 4.78 is 0. The summed E-state index contributed by atoms with van der Waals surface area (Å²) >= 11 is 0. The molecule has 0 aromatic heterocycles. The van der Waals surface area contributed by atoms with Crippen LogP contribution in [-0.2, 0) is 0 Å². The Hall–Kier alpha value is -0.120. The minimum Gasteiger partial charge on any atom is -0.297 e. The number of nitrogens with zero attached hydrogens (tertiary/aromatic N) is 1. The van der Waals surface area contributed by atoms with E-state index in [4.69, 9.17) is 5.84 Å². The number of hydrogen-bond donors (Lipinski definition) is 2. The Morgan fingerprint density at radius 3 is 2.30 bits per heavy atom. The van der Waals surface area contributed by atoms with Gasteiger partial charge in [0.1, 0.15) is 0 Å². The van der Waals surface area contributed by atoms with Crippen molar-refractivity contribution in [2.45, 2.75) is 76.8 Å². The molecule has 0 radical (unpaired) electrons. The van der Waals surface area contributed by atoms with E-state index >= 15 is 0 Å². The molecule has 3 fully saturated rings. The van der Waals surface area contributed by atoms with Crippen molar-refractivity contribution in [1.82, 2.24) is 10.3 Å². The van der Waals surface area contributed by atoms with Crippen LogP contribution in [0.25, 0.3) is 0 Å². The van der Waals surface area contributed by atoms with Crippen LogP contribution < -0.4 is 11.3 Å². The molecule has 3 heteroatoms. The molecule has 0 spiro atoms. The van der Waals surface area contributed by atoms with Gasteiger partial charge in [-0.3, -0.25) is 16.2 Å². The monoisotopic (exact) mass is 279 g/mol. The van der Waals surface area contributed by atoms with Crippen molar-refractivity contribution < 1.29 is 0 Å². The number of hydrazine groups is 1. The van der Waals surface area contributed by atoms with Crippen LogP contribution in [0.3, 0.4) is 0 Å². The highest BCUT2D eigenvalue weighted by Crippen LogP contribution is 2.53. The zero-order valence-electron chi connectivity index (χ0n) is 13.4. The third kappa shape index (κ3) is 2.22. The molecule has 4 unspecified atom stereocenters. The molecule has 0 heterocycles. The molecule has 0 aromatic carbocycles. The topological polar surface area (TPSA) is 41.3 Å². The molecule has 0 saturated heterocycles. The third-order valence-corrected chi connectivity index (χ3v) is 6.84. The summed E-state index contributed by atoms with van der Waals surface area (Å²) in [6, 6.07) is 0.514. The number of likely N-dealkylation sites (N-methyl/N-ethyl adjacent to an activating group) is 1. The van der Waals surface area contributed by atoms with E-state index in [1.165, 1.54) is 51.4 Å². The Bertz CT molecular complexity index is 320. The predicted octanol–water partition coefficient (Wildman–Crippen LogP) is 2.91. The maximum atomic E-state index is 6.12. The number of nitrogens with two attached hydrogens (primary N) is 1. The van der Waals surface area contributed by atoms with Crippen molar-refractivity contribution in [1.29, 1.82) is 0 Å². The fraction of sp³-hybridized carbons (Fsp3) is 1.00. The first-order valence-electron chi connectivity index (χ1n) is 8.96. The summed E-state index contributed by atoms with van der Waals surface area (Å²) in [6.07, 6.45) is 11.3. The van der Waals surface area contributed by atoms with Gasteiger partial charge >= 0.3 is 0 Å². The zero-order chi connectivity index (χ0) is 14.2. The van der Waals surface area contributed by atoms with Crippen LogP contribution in [0.4, 0.5) is 0 Å². The van der Waals surface area contributed by atoms with E-state index in [0.29, 0.717) is 11.6 Å². The first kappa shape index (κ1) is 14.8. The Morgan fingerprint density at radius 2 is 1.85 bits per heavy atom. The molecule has 4 atom stereocenters. The number of nitrogens with one attached hydrogen (secondary N) is 1. The summed E-state index contributed by atoms with van der Waals surface area (Å²) in [4.78, 5) is 2.72. The normalized spacial score (nSPS) is 36.9. The van der Waals surface area contributed by atoms with E-state index in [-0.39, 0.29) is 0 Å². The highest BCUT2D eigenvalue weighted by Gasteiger charge is 2.52. The fourth-order valence-corrected chi connectivity index (χ4v) is 6.04. The predicted molar refractivity (Wildman–Crippen MR) is 84.2 cm³/mol. The Morgan fingerprint density at radius 1 is 1.15 bits per heavy atom. The molecule has 3 rings (SSSR count). The van der Waals surface area contributed by atoms with Crippen LogP contribution in [0.15, 0.2) is 0 Å². The highest BCUT2D eigenvalue weighted by molar-refractivity contribution is 5.08. The van der Waals surface area contributed by atoms with Gasteiger partial charge in [-0.15, -0.1) is 0 Å². The highest BCUT2D eigenvalue weighted by atomic mass is 15.3. The lowest BCUT2D eigenvalue weighted by atomic mass is 9.72. The van der Waals surface area contributed by atoms with Gasteiger partial charge < -0.3 is 0 Å². The molecule has 116 valence electrons. The smallest absolute Gasteiger partial charge is 0.0425 e. The van der Waals surface area contributed by atoms with Crippen molar-refractivity contribution in [2.75, 3.05) is 13.1 Å². The van der Waals surface area contributed by atoms with Crippen LogP contribution in [-0.4, -0.2) is 29.6 Å². The molecular formula is C17H33N3. The largest absolute Gasteiger partial charge is 0.297 e. The van der Waals surface area contributed by atoms with Gasteiger partial charge in [-0.05, 0) is 62.9 Å². The first-order chi connectivity index (χ1) is 9.75. The lowest BCUT2D eigenvalue weighted by Crippen LogP contribution is -2.64. The van der Waals surface area contributed by atoms with Gasteiger partial charge in [0.15, 0.2) is 0 Å². The van der Waals surface area contributed by atoms with Crippen LogP contribution in [0.5, 0.6) is 0 Å². The van der Waals surface area contributed by atoms with E-state index in [1.54, 1.807) is 0 Å². The quantitative estimate of drug-likeness (QED) is 0.580. The number of hydrogen-bond acceptors (Lipinski definition) is 3. The van der Waals surface area contributed by atoms with E-state index in [9.17, 15) is 0 Å². The SMILES string of the molecule is CCN(CC)C1(C(NN)C2CC3CCC2C3)CCCC1. The minimum absolute atomic E-state index is 0.341. The lowest BCUT2D eigenvalue weighted by Gasteiger charge is -2.49. The van der Waals surface area contributed by atoms with Crippen LogP contribution in [0.1, 0.15) is 65.2 Å².